The molecule has 4 aromatic rings. The van der Waals surface area contributed by atoms with Gasteiger partial charge < -0.3 is 5.11 Å². The van der Waals surface area contributed by atoms with Crippen LogP contribution >= 0.6 is 0 Å². The molecule has 0 spiro atoms. The van der Waals surface area contributed by atoms with Crippen LogP contribution in [0.25, 0.3) is 22.5 Å². The van der Waals surface area contributed by atoms with Crippen LogP contribution in [0.2, 0.25) is 0 Å². The van der Waals surface area contributed by atoms with Gasteiger partial charge in [-0.1, -0.05) is 68.8 Å². The van der Waals surface area contributed by atoms with E-state index in [0.717, 1.165) is 34.5 Å². The molecule has 2 heterocycles. The zero-order valence-corrected chi connectivity index (χ0v) is 19.4. The van der Waals surface area contributed by atoms with Gasteiger partial charge in [-0.15, -0.1) is 10.2 Å². The molecule has 0 aliphatic heterocycles. The molecule has 4 rings (SSSR count). The smallest absolute Gasteiger partial charge is 0.306 e. The quantitative estimate of drug-likeness (QED) is 0.344. The van der Waals surface area contributed by atoms with Gasteiger partial charge in [0.05, 0.1) is 12.5 Å². The van der Waals surface area contributed by atoms with E-state index in [-0.39, 0.29) is 5.92 Å². The molecule has 0 radical (unpaired) electrons. The highest BCUT2D eigenvalue weighted by molar-refractivity contribution is 5.80. The Bertz CT molecular complexity index is 1200. The fourth-order valence-electron chi connectivity index (χ4n) is 4.01. The van der Waals surface area contributed by atoms with Crippen LogP contribution < -0.4 is 0 Å². The van der Waals surface area contributed by atoms with Crippen molar-refractivity contribution < 1.29 is 9.90 Å². The predicted molar refractivity (Wildman–Crippen MR) is 128 cm³/mol. The molecule has 0 bridgehead atoms. The number of carboxylic acid groups (broad SMARTS) is 1. The van der Waals surface area contributed by atoms with Gasteiger partial charge >= 0.3 is 5.97 Å². The number of aromatic nitrogens is 7. The third kappa shape index (κ3) is 5.72. The van der Waals surface area contributed by atoms with Crippen LogP contribution in [0, 0.1) is 11.8 Å². The third-order valence-corrected chi connectivity index (χ3v) is 5.96. The summed E-state index contributed by atoms with van der Waals surface area (Å²) in [6.45, 7) is 4.81. The zero-order chi connectivity index (χ0) is 23.9. The number of aryl methyl sites for hydroxylation is 1. The van der Waals surface area contributed by atoms with E-state index in [9.17, 15) is 9.90 Å². The van der Waals surface area contributed by atoms with Gasteiger partial charge in [0.2, 0.25) is 5.82 Å². The van der Waals surface area contributed by atoms with E-state index in [1.807, 2.05) is 28.9 Å². The summed E-state index contributed by atoms with van der Waals surface area (Å²) in [4.78, 5) is 16.0. The Hall–Kier alpha value is -3.88. The first kappa shape index (κ1) is 23.3. The highest BCUT2D eigenvalue weighted by atomic mass is 16.4. The van der Waals surface area contributed by atoms with E-state index in [0.29, 0.717) is 37.5 Å². The van der Waals surface area contributed by atoms with Crippen LogP contribution in [0.5, 0.6) is 0 Å². The number of rotatable bonds is 11. The van der Waals surface area contributed by atoms with Crippen molar-refractivity contribution in [3.63, 3.8) is 0 Å². The molecule has 0 fully saturated rings. The maximum atomic E-state index is 11.6. The van der Waals surface area contributed by atoms with Crippen LogP contribution in [0.4, 0.5) is 0 Å². The lowest BCUT2D eigenvalue weighted by Gasteiger charge is -2.14. The van der Waals surface area contributed by atoms with Gasteiger partial charge in [-0.3, -0.25) is 4.79 Å². The number of nitrogens with one attached hydrogen (secondary N) is 1. The summed E-state index contributed by atoms with van der Waals surface area (Å²) in [5.74, 6) is 0.768. The molecule has 176 valence electrons. The van der Waals surface area contributed by atoms with Crippen LogP contribution in [-0.2, 0) is 17.8 Å². The molecular formula is C25H29N7O2. The highest BCUT2D eigenvalue weighted by Crippen LogP contribution is 2.29. The summed E-state index contributed by atoms with van der Waals surface area (Å²) in [5.41, 5.74) is 4.07. The maximum absolute atomic E-state index is 11.6. The minimum atomic E-state index is -0.733. The van der Waals surface area contributed by atoms with Crippen LogP contribution in [0.3, 0.4) is 0 Å². The Morgan fingerprint density at radius 2 is 1.79 bits per heavy atom. The second-order valence-electron chi connectivity index (χ2n) is 8.86. The minimum absolute atomic E-state index is 0.355. The second-order valence-corrected chi connectivity index (χ2v) is 8.86. The third-order valence-electron chi connectivity index (χ3n) is 5.96. The van der Waals surface area contributed by atoms with E-state index in [2.05, 4.69) is 68.8 Å². The predicted octanol–water partition coefficient (Wildman–Crippen LogP) is 4.24. The molecule has 2 aromatic heterocycles. The van der Waals surface area contributed by atoms with Crippen molar-refractivity contribution in [1.82, 2.24) is 35.4 Å². The van der Waals surface area contributed by atoms with Gasteiger partial charge in [-0.25, -0.2) is 9.67 Å². The molecule has 9 nitrogen and oxygen atoms in total. The molecule has 0 aliphatic rings. The highest BCUT2D eigenvalue weighted by Gasteiger charge is 2.19. The molecular weight excluding hydrogens is 430 g/mol. The second kappa shape index (κ2) is 10.8. The van der Waals surface area contributed by atoms with Crippen molar-refractivity contribution in [2.45, 2.75) is 46.1 Å². The number of nitrogens with zero attached hydrogens (tertiary/aromatic N) is 6. The van der Waals surface area contributed by atoms with E-state index < -0.39 is 5.97 Å². The van der Waals surface area contributed by atoms with Crippen molar-refractivity contribution in [1.29, 1.82) is 0 Å². The summed E-state index contributed by atoms with van der Waals surface area (Å²) in [6, 6.07) is 16.2. The van der Waals surface area contributed by atoms with Crippen molar-refractivity contribution >= 4 is 5.97 Å². The standard InChI is InChI=1S/C25H29N7O2/c1-17(2)7-10-20(25(33)34)13-14-23-26-16-27-32(23)15-18-8-11-19(12-9-18)21-5-3-4-6-22(21)24-28-30-31-29-24/h3-6,8-9,11-12,16-17,20H,7,10,13-15H2,1-2H3,(H,33,34)(H,28,29,30,31). The normalized spacial score (nSPS) is 12.2. The number of carboxylic acids is 1. The van der Waals surface area contributed by atoms with Gasteiger partial charge in [-0.2, -0.15) is 10.3 Å². The number of carbonyl (C=O) groups is 1. The lowest BCUT2D eigenvalue weighted by Crippen LogP contribution is -2.17. The Balaban J connectivity index is 1.44. The number of hydrogen-bond donors (Lipinski definition) is 2. The SMILES string of the molecule is CC(C)CCC(CCc1ncnn1Cc1ccc(-c2ccccc2-c2nn[nH]n2)cc1)C(=O)O. The number of aromatic amines is 1. The van der Waals surface area contributed by atoms with Gasteiger partial charge in [0.15, 0.2) is 0 Å². The number of aliphatic carboxylic acids is 1. The molecule has 0 amide bonds. The Kier molecular flexibility index (Phi) is 7.41. The average molecular weight is 460 g/mol. The first-order chi connectivity index (χ1) is 16.5. The minimum Gasteiger partial charge on any atom is -0.481 e. The summed E-state index contributed by atoms with van der Waals surface area (Å²) >= 11 is 0. The number of H-pyrrole nitrogens is 1. The first-order valence-electron chi connectivity index (χ1n) is 11.5. The van der Waals surface area contributed by atoms with Crippen LogP contribution in [0.1, 0.15) is 44.5 Å². The van der Waals surface area contributed by atoms with E-state index >= 15 is 0 Å². The van der Waals surface area contributed by atoms with Crippen molar-refractivity contribution in [2.75, 3.05) is 0 Å². The number of tetrazole rings is 1. The molecule has 2 aromatic carbocycles. The molecule has 0 aliphatic carbocycles. The van der Waals surface area contributed by atoms with Crippen LogP contribution in [0.15, 0.2) is 54.9 Å². The topological polar surface area (TPSA) is 122 Å². The summed E-state index contributed by atoms with van der Waals surface area (Å²) < 4.78 is 1.85. The summed E-state index contributed by atoms with van der Waals surface area (Å²) in [5, 5.41) is 28.3. The molecule has 0 saturated carbocycles. The van der Waals surface area contributed by atoms with Gasteiger partial charge in [0.25, 0.3) is 0 Å². The largest absolute Gasteiger partial charge is 0.481 e. The fourth-order valence-corrected chi connectivity index (χ4v) is 4.01. The lowest BCUT2D eigenvalue weighted by molar-refractivity contribution is -0.142. The molecule has 0 saturated heterocycles. The zero-order valence-electron chi connectivity index (χ0n) is 19.4. The monoisotopic (exact) mass is 459 g/mol. The van der Waals surface area contributed by atoms with Gasteiger partial charge in [0.1, 0.15) is 12.2 Å². The average Bonchev–Trinajstić information content (AvgIpc) is 3.52. The van der Waals surface area contributed by atoms with Crippen LogP contribution in [-0.4, -0.2) is 46.5 Å². The molecule has 9 heteroatoms. The summed E-state index contributed by atoms with van der Waals surface area (Å²) in [6.07, 6.45) is 4.28. The fraction of sp³-hybridized carbons (Fsp3) is 0.360. The molecule has 1 atom stereocenters. The summed E-state index contributed by atoms with van der Waals surface area (Å²) in [7, 11) is 0. The lowest BCUT2D eigenvalue weighted by atomic mass is 9.94. The van der Waals surface area contributed by atoms with E-state index in [1.54, 1.807) is 0 Å². The van der Waals surface area contributed by atoms with Crippen molar-refractivity contribution in [3.05, 3.63) is 66.2 Å². The van der Waals surface area contributed by atoms with Gasteiger partial charge in [0, 0.05) is 12.0 Å². The number of hydrogen-bond acceptors (Lipinski definition) is 6. The first-order valence-corrected chi connectivity index (χ1v) is 11.5. The molecule has 34 heavy (non-hydrogen) atoms. The Morgan fingerprint density at radius 1 is 1.03 bits per heavy atom. The molecule has 1 unspecified atom stereocenters. The van der Waals surface area contributed by atoms with Gasteiger partial charge in [-0.05, 0) is 40.7 Å². The molecule has 2 N–H and O–H groups in total. The van der Waals surface area contributed by atoms with Crippen molar-refractivity contribution in [3.8, 4) is 22.5 Å². The maximum Gasteiger partial charge on any atom is 0.306 e. The Labute approximate surface area is 198 Å². The Morgan fingerprint density at radius 3 is 2.47 bits per heavy atom. The number of benzene rings is 2. The van der Waals surface area contributed by atoms with E-state index in [1.165, 1.54) is 6.33 Å². The van der Waals surface area contributed by atoms with E-state index in [4.69, 9.17) is 0 Å². The van der Waals surface area contributed by atoms with Crippen molar-refractivity contribution in [2.24, 2.45) is 11.8 Å².